The van der Waals surface area contributed by atoms with Crippen molar-refractivity contribution in [1.82, 2.24) is 9.13 Å². The molecule has 2 aliphatic rings. The number of para-hydroxylation sites is 6. The van der Waals surface area contributed by atoms with Gasteiger partial charge in [-0.15, -0.1) is 0 Å². The van der Waals surface area contributed by atoms with Crippen molar-refractivity contribution in [2.24, 2.45) is 0 Å². The maximum absolute atomic E-state index is 2.53. The summed E-state index contributed by atoms with van der Waals surface area (Å²) in [5, 5.41) is 7.39. The third kappa shape index (κ3) is 6.97. The highest BCUT2D eigenvalue weighted by molar-refractivity contribution is 6.14. The highest BCUT2D eigenvalue weighted by Crippen LogP contribution is 2.62. The SMILES string of the molecule is c1ccc(-c2ccc(-c3ccccc3N(c3ccc(-c4ccc5c(c4)c4ccccc4n5-c4ccccc4)cc3)c3ccc(-c4ccc5c(c4)C4(c6ccccc6-5)c5ccccc5-n5c6ccccc6c6cccc4c65)c4ccccc34)cc2)cc1. The van der Waals surface area contributed by atoms with Crippen LogP contribution >= 0.6 is 0 Å². The lowest BCUT2D eigenvalue weighted by molar-refractivity contribution is 0.749. The fourth-order valence-corrected chi connectivity index (χ4v) is 15.1. The minimum Gasteiger partial charge on any atom is -0.309 e. The number of anilines is 3. The first-order valence-corrected chi connectivity index (χ1v) is 29.8. The first kappa shape index (κ1) is 48.3. The predicted octanol–water partition coefficient (Wildman–Crippen LogP) is 21.8. The normalized spacial score (nSPS) is 13.9. The molecule has 18 rings (SSSR count). The second-order valence-corrected chi connectivity index (χ2v) is 23.1. The summed E-state index contributed by atoms with van der Waals surface area (Å²) in [6.45, 7) is 0. The van der Waals surface area contributed by atoms with Crippen molar-refractivity contribution in [3.8, 4) is 67.0 Å². The smallest absolute Gasteiger partial charge is 0.0754 e. The Morgan fingerprint density at radius 1 is 0.244 bits per heavy atom. The summed E-state index contributed by atoms with van der Waals surface area (Å²) < 4.78 is 4.91. The molecule has 0 amide bonds. The lowest BCUT2D eigenvalue weighted by atomic mass is 9.65. The van der Waals surface area contributed by atoms with Gasteiger partial charge < -0.3 is 14.0 Å². The molecule has 3 heterocycles. The molecule has 1 atom stereocenters. The maximum atomic E-state index is 2.53. The van der Waals surface area contributed by atoms with Gasteiger partial charge in [0.2, 0.25) is 0 Å². The number of rotatable bonds is 8. The quantitative estimate of drug-likeness (QED) is 0.148. The van der Waals surface area contributed by atoms with Gasteiger partial charge in [-0.2, -0.15) is 0 Å². The van der Waals surface area contributed by atoms with Crippen LogP contribution in [0.15, 0.2) is 322 Å². The molecule has 14 aromatic carbocycles. The van der Waals surface area contributed by atoms with E-state index >= 15 is 0 Å². The van der Waals surface area contributed by atoms with Crippen molar-refractivity contribution >= 4 is 71.4 Å². The molecule has 86 heavy (non-hydrogen) atoms. The first-order valence-electron chi connectivity index (χ1n) is 29.8. The average molecular weight is 1090 g/mol. The van der Waals surface area contributed by atoms with Gasteiger partial charge in [0.25, 0.3) is 0 Å². The van der Waals surface area contributed by atoms with Gasteiger partial charge in [0.05, 0.1) is 44.5 Å². The molecular formula is C83H53N3. The highest BCUT2D eigenvalue weighted by Gasteiger charge is 2.51. The van der Waals surface area contributed by atoms with E-state index in [1.165, 1.54) is 121 Å². The van der Waals surface area contributed by atoms with Crippen molar-refractivity contribution in [3.63, 3.8) is 0 Å². The van der Waals surface area contributed by atoms with Crippen LogP contribution in [0.1, 0.15) is 22.3 Å². The van der Waals surface area contributed by atoms with Gasteiger partial charge in [-0.05, 0) is 151 Å². The molecule has 1 unspecified atom stereocenters. The Kier molecular flexibility index (Phi) is 10.6. The largest absolute Gasteiger partial charge is 0.309 e. The Bertz CT molecular complexity index is 5400. The van der Waals surface area contributed by atoms with Crippen LogP contribution in [0.2, 0.25) is 0 Å². The van der Waals surface area contributed by atoms with Crippen molar-refractivity contribution in [2.75, 3.05) is 4.90 Å². The molecule has 0 N–H and O–H groups in total. The molecule has 16 aromatic rings. The zero-order valence-corrected chi connectivity index (χ0v) is 46.9. The zero-order chi connectivity index (χ0) is 56.5. The van der Waals surface area contributed by atoms with Crippen LogP contribution in [0, 0.1) is 0 Å². The fraction of sp³-hybridized carbons (Fsp3) is 0.0120. The number of benzene rings is 14. The third-order valence-corrected chi connectivity index (χ3v) is 18.7. The molecule has 1 aliphatic heterocycles. The summed E-state index contributed by atoms with van der Waals surface area (Å²) in [4.78, 5) is 2.49. The summed E-state index contributed by atoms with van der Waals surface area (Å²) >= 11 is 0. The second kappa shape index (κ2) is 18.9. The van der Waals surface area contributed by atoms with E-state index in [-0.39, 0.29) is 0 Å². The summed E-state index contributed by atoms with van der Waals surface area (Å²) in [5.74, 6) is 0. The second-order valence-electron chi connectivity index (χ2n) is 23.1. The molecule has 0 bridgehead atoms. The Morgan fingerprint density at radius 3 is 1.57 bits per heavy atom. The molecule has 0 saturated carbocycles. The summed E-state index contributed by atoms with van der Waals surface area (Å²) in [7, 11) is 0. The van der Waals surface area contributed by atoms with E-state index in [1.807, 2.05) is 0 Å². The van der Waals surface area contributed by atoms with Gasteiger partial charge in [0.1, 0.15) is 0 Å². The summed E-state index contributed by atoms with van der Waals surface area (Å²) in [6.07, 6.45) is 0. The highest BCUT2D eigenvalue weighted by atomic mass is 15.1. The fourth-order valence-electron chi connectivity index (χ4n) is 15.1. The van der Waals surface area contributed by atoms with Crippen molar-refractivity contribution < 1.29 is 0 Å². The number of aromatic nitrogens is 2. The van der Waals surface area contributed by atoms with Gasteiger partial charge in [0.15, 0.2) is 0 Å². The van der Waals surface area contributed by atoms with Gasteiger partial charge in [0, 0.05) is 43.9 Å². The lowest BCUT2D eigenvalue weighted by Crippen LogP contribution is -2.33. The van der Waals surface area contributed by atoms with Gasteiger partial charge in [-0.1, -0.05) is 249 Å². The Balaban J connectivity index is 0.811. The maximum Gasteiger partial charge on any atom is 0.0754 e. The molecule has 2 aromatic heterocycles. The van der Waals surface area contributed by atoms with Crippen LogP contribution in [-0.2, 0) is 5.41 Å². The van der Waals surface area contributed by atoms with Gasteiger partial charge in [-0.25, -0.2) is 0 Å². The molecular weight excluding hydrogens is 1040 g/mol. The molecule has 400 valence electrons. The van der Waals surface area contributed by atoms with E-state index in [4.69, 9.17) is 0 Å². The van der Waals surface area contributed by atoms with E-state index < -0.39 is 5.41 Å². The Labute approximate surface area is 498 Å². The van der Waals surface area contributed by atoms with Crippen molar-refractivity contribution in [1.29, 1.82) is 0 Å². The summed E-state index contributed by atoms with van der Waals surface area (Å²) in [6, 6.07) is 120. The third-order valence-electron chi connectivity index (χ3n) is 18.7. The van der Waals surface area contributed by atoms with E-state index in [0.29, 0.717) is 0 Å². The molecule has 3 heteroatoms. The van der Waals surface area contributed by atoms with E-state index in [9.17, 15) is 0 Å². The van der Waals surface area contributed by atoms with Crippen LogP contribution in [0.4, 0.5) is 17.1 Å². The number of fused-ring (bicyclic) bond motifs is 16. The molecule has 0 radical (unpaired) electrons. The van der Waals surface area contributed by atoms with Crippen LogP contribution in [0.3, 0.4) is 0 Å². The topological polar surface area (TPSA) is 13.1 Å². The number of hydrogen-bond donors (Lipinski definition) is 0. The molecule has 1 spiro atoms. The number of hydrogen-bond acceptors (Lipinski definition) is 1. The van der Waals surface area contributed by atoms with Crippen molar-refractivity contribution in [3.05, 3.63) is 344 Å². The first-order chi connectivity index (χ1) is 42.7. The molecule has 0 fully saturated rings. The standard InChI is InChI=1S/C83H53N3/c1-3-20-54(21-4-1)55-38-40-57(41-39-55)63-24-10-15-34-76(63)85(61-46-42-56(43-47-61)58-45-50-80-71(52-58)69-29-12-16-35-77(69)84(80)60-22-5-2-6-23-60)79-51-49-62(64-25-7-8-27-67(64)79)59-44-48-66-65-26-9-13-31-72(65)83(75(66)53-59)73-32-14-18-37-81(73)86-78-36-17-11-28-68(78)70-30-19-33-74(83)82(70)86/h1-53H. The predicted molar refractivity (Wildman–Crippen MR) is 360 cm³/mol. The Morgan fingerprint density at radius 2 is 0.767 bits per heavy atom. The van der Waals surface area contributed by atoms with Crippen LogP contribution in [0.5, 0.6) is 0 Å². The molecule has 1 aliphatic carbocycles. The van der Waals surface area contributed by atoms with Crippen LogP contribution in [-0.4, -0.2) is 9.13 Å². The van der Waals surface area contributed by atoms with Crippen LogP contribution < -0.4 is 4.90 Å². The zero-order valence-electron chi connectivity index (χ0n) is 46.9. The van der Waals surface area contributed by atoms with E-state index in [1.54, 1.807) is 0 Å². The van der Waals surface area contributed by atoms with E-state index in [2.05, 4.69) is 336 Å². The molecule has 0 saturated heterocycles. The monoisotopic (exact) mass is 1090 g/mol. The average Bonchev–Trinajstić information content (AvgIpc) is 1.50. The summed E-state index contributed by atoms with van der Waals surface area (Å²) in [5.41, 5.74) is 27.3. The van der Waals surface area contributed by atoms with Crippen molar-refractivity contribution in [2.45, 2.75) is 5.41 Å². The minimum absolute atomic E-state index is 0.559. The number of nitrogens with zero attached hydrogens (tertiary/aromatic N) is 3. The van der Waals surface area contributed by atoms with E-state index in [0.717, 1.165) is 39.4 Å². The van der Waals surface area contributed by atoms with Gasteiger partial charge in [-0.3, -0.25) is 0 Å². The minimum atomic E-state index is -0.559. The molecule has 3 nitrogen and oxygen atoms in total. The van der Waals surface area contributed by atoms with Crippen LogP contribution in [0.25, 0.3) is 121 Å². The Hall–Kier alpha value is -11.3. The van der Waals surface area contributed by atoms with Gasteiger partial charge >= 0.3 is 0 Å². The lowest BCUT2D eigenvalue weighted by Gasteiger charge is -2.39.